The third-order valence-electron chi connectivity index (χ3n) is 2.93. The Morgan fingerprint density at radius 2 is 2.05 bits per heavy atom. The molecule has 2 rings (SSSR count). The molecule has 0 saturated carbocycles. The second-order valence-electron chi connectivity index (χ2n) is 4.28. The number of benzene rings is 1. The minimum atomic E-state index is 0.0677. The van der Waals surface area contributed by atoms with Gasteiger partial charge in [-0.3, -0.25) is 0 Å². The van der Waals surface area contributed by atoms with Gasteiger partial charge in [-0.15, -0.1) is 11.3 Å². The maximum Gasteiger partial charge on any atom is 0.0995 e. The van der Waals surface area contributed by atoms with Gasteiger partial charge < -0.3 is 5.32 Å². The number of thiophene rings is 1. The van der Waals surface area contributed by atoms with Crippen LogP contribution in [0.2, 0.25) is 8.67 Å². The van der Waals surface area contributed by atoms with Crippen LogP contribution in [-0.2, 0) is 0 Å². The van der Waals surface area contributed by atoms with Gasteiger partial charge in [-0.2, -0.15) is 0 Å². The average molecular weight is 379 g/mol. The fourth-order valence-corrected chi connectivity index (χ4v) is 3.88. The number of rotatable bonds is 4. The molecule has 1 heterocycles. The predicted octanol–water partition coefficient (Wildman–Crippen LogP) is 5.82. The highest BCUT2D eigenvalue weighted by Crippen LogP contribution is 2.38. The lowest BCUT2D eigenvalue weighted by molar-refractivity contribution is 0.632. The van der Waals surface area contributed by atoms with Crippen LogP contribution in [0.1, 0.15) is 29.7 Å². The molecule has 1 nitrogen and oxygen atoms in total. The van der Waals surface area contributed by atoms with Gasteiger partial charge in [0.05, 0.1) is 14.7 Å². The topological polar surface area (TPSA) is 12.0 Å². The monoisotopic (exact) mass is 377 g/mol. The third-order valence-corrected chi connectivity index (χ3v) is 5.30. The van der Waals surface area contributed by atoms with Gasteiger partial charge in [0.15, 0.2) is 0 Å². The largest absolute Gasteiger partial charge is 0.306 e. The second kappa shape index (κ2) is 6.59. The summed E-state index contributed by atoms with van der Waals surface area (Å²) in [6, 6.07) is 8.36. The standard InChI is InChI=1S/C14H14BrCl2NS/c1-3-18-13(10-7-12(16)19-14(10)17)9-5-4-8(2)11(15)6-9/h4-7,13,18H,3H2,1-2H3. The highest BCUT2D eigenvalue weighted by Gasteiger charge is 2.19. The third kappa shape index (κ3) is 3.53. The Morgan fingerprint density at radius 1 is 1.32 bits per heavy atom. The zero-order chi connectivity index (χ0) is 14.0. The smallest absolute Gasteiger partial charge is 0.0995 e. The zero-order valence-corrected chi connectivity index (χ0v) is 14.6. The van der Waals surface area contributed by atoms with Crippen molar-refractivity contribution in [1.82, 2.24) is 5.32 Å². The summed E-state index contributed by atoms with van der Waals surface area (Å²) in [7, 11) is 0. The molecule has 1 N–H and O–H groups in total. The van der Waals surface area contributed by atoms with Crippen LogP contribution in [0, 0.1) is 6.92 Å². The molecule has 0 aliphatic carbocycles. The maximum absolute atomic E-state index is 6.28. The van der Waals surface area contributed by atoms with Crippen molar-refractivity contribution in [1.29, 1.82) is 0 Å². The van der Waals surface area contributed by atoms with Gasteiger partial charge in [0, 0.05) is 10.0 Å². The van der Waals surface area contributed by atoms with E-state index in [-0.39, 0.29) is 6.04 Å². The van der Waals surface area contributed by atoms with Crippen LogP contribution >= 0.6 is 50.5 Å². The lowest BCUT2D eigenvalue weighted by atomic mass is 10.00. The van der Waals surface area contributed by atoms with E-state index in [1.165, 1.54) is 22.5 Å². The molecule has 19 heavy (non-hydrogen) atoms. The van der Waals surface area contributed by atoms with Crippen molar-refractivity contribution in [2.24, 2.45) is 0 Å². The molecule has 1 atom stereocenters. The number of nitrogens with one attached hydrogen (secondary N) is 1. The van der Waals surface area contributed by atoms with Crippen LogP contribution in [0.15, 0.2) is 28.7 Å². The summed E-state index contributed by atoms with van der Waals surface area (Å²) in [6.45, 7) is 5.02. The van der Waals surface area contributed by atoms with Gasteiger partial charge in [-0.05, 0) is 36.7 Å². The Hall–Kier alpha value is -0.0600. The Kier molecular flexibility index (Phi) is 5.32. The van der Waals surface area contributed by atoms with Crippen molar-refractivity contribution in [3.63, 3.8) is 0 Å². The van der Waals surface area contributed by atoms with E-state index in [1.807, 2.05) is 6.07 Å². The number of halogens is 3. The van der Waals surface area contributed by atoms with Crippen molar-refractivity contribution in [3.05, 3.63) is 54.1 Å². The van der Waals surface area contributed by atoms with E-state index < -0.39 is 0 Å². The molecule has 2 aromatic rings. The molecule has 0 fully saturated rings. The summed E-state index contributed by atoms with van der Waals surface area (Å²) in [4.78, 5) is 0. The summed E-state index contributed by atoms with van der Waals surface area (Å²) in [5.74, 6) is 0. The number of hydrogen-bond acceptors (Lipinski definition) is 2. The number of hydrogen-bond donors (Lipinski definition) is 1. The first-order valence-corrected chi connectivity index (χ1v) is 8.33. The van der Waals surface area contributed by atoms with E-state index in [0.717, 1.165) is 20.9 Å². The van der Waals surface area contributed by atoms with Crippen LogP contribution in [0.25, 0.3) is 0 Å². The first-order chi connectivity index (χ1) is 9.02. The minimum absolute atomic E-state index is 0.0677. The van der Waals surface area contributed by atoms with Crippen molar-refractivity contribution >= 4 is 50.5 Å². The van der Waals surface area contributed by atoms with E-state index in [9.17, 15) is 0 Å². The molecule has 0 bridgehead atoms. The molecule has 0 saturated heterocycles. The van der Waals surface area contributed by atoms with Crippen LogP contribution in [0.5, 0.6) is 0 Å². The van der Waals surface area contributed by atoms with Crippen LogP contribution in [0.4, 0.5) is 0 Å². The summed E-state index contributed by atoms with van der Waals surface area (Å²) in [6.07, 6.45) is 0. The second-order valence-corrected chi connectivity index (χ2v) is 7.42. The van der Waals surface area contributed by atoms with Crippen molar-refractivity contribution < 1.29 is 0 Å². The molecule has 5 heteroatoms. The predicted molar refractivity (Wildman–Crippen MR) is 88.7 cm³/mol. The van der Waals surface area contributed by atoms with E-state index in [2.05, 4.69) is 53.3 Å². The first-order valence-electron chi connectivity index (χ1n) is 5.97. The molecule has 1 unspecified atom stereocenters. The van der Waals surface area contributed by atoms with Gasteiger partial charge in [0.1, 0.15) is 0 Å². The van der Waals surface area contributed by atoms with Gasteiger partial charge >= 0.3 is 0 Å². The Morgan fingerprint density at radius 3 is 2.58 bits per heavy atom. The Labute approximate surface area is 136 Å². The molecule has 0 aliphatic heterocycles. The van der Waals surface area contributed by atoms with E-state index in [4.69, 9.17) is 23.2 Å². The molecule has 0 radical (unpaired) electrons. The minimum Gasteiger partial charge on any atom is -0.306 e. The molecule has 102 valence electrons. The molecular formula is C14H14BrCl2NS. The molecule has 1 aromatic heterocycles. The lowest BCUT2D eigenvalue weighted by Gasteiger charge is -2.19. The van der Waals surface area contributed by atoms with Crippen molar-refractivity contribution in [3.8, 4) is 0 Å². The molecular weight excluding hydrogens is 365 g/mol. The summed E-state index contributed by atoms with van der Waals surface area (Å²) in [5.41, 5.74) is 3.43. The normalized spacial score (nSPS) is 12.7. The fourth-order valence-electron chi connectivity index (χ4n) is 1.95. The highest BCUT2D eigenvalue weighted by molar-refractivity contribution is 9.10. The average Bonchev–Trinajstić information content (AvgIpc) is 2.69. The molecule has 0 spiro atoms. The van der Waals surface area contributed by atoms with E-state index in [1.54, 1.807) is 0 Å². The zero-order valence-electron chi connectivity index (χ0n) is 10.6. The van der Waals surface area contributed by atoms with Crippen LogP contribution < -0.4 is 5.32 Å². The molecule has 0 aliphatic rings. The Bertz CT molecular complexity index is 583. The van der Waals surface area contributed by atoms with Gasteiger partial charge in [0.25, 0.3) is 0 Å². The van der Waals surface area contributed by atoms with Gasteiger partial charge in [-0.1, -0.05) is 58.2 Å². The highest BCUT2D eigenvalue weighted by atomic mass is 79.9. The van der Waals surface area contributed by atoms with Crippen LogP contribution in [0.3, 0.4) is 0 Å². The van der Waals surface area contributed by atoms with E-state index >= 15 is 0 Å². The first kappa shape index (κ1) is 15.3. The summed E-state index contributed by atoms with van der Waals surface area (Å²) in [5, 5.41) is 3.46. The summed E-state index contributed by atoms with van der Waals surface area (Å²) < 4.78 is 2.56. The van der Waals surface area contributed by atoms with Crippen LogP contribution in [-0.4, -0.2) is 6.54 Å². The van der Waals surface area contributed by atoms with Crippen molar-refractivity contribution in [2.45, 2.75) is 19.9 Å². The molecule has 1 aromatic carbocycles. The Balaban J connectivity index is 2.44. The van der Waals surface area contributed by atoms with Gasteiger partial charge in [0.2, 0.25) is 0 Å². The lowest BCUT2D eigenvalue weighted by Crippen LogP contribution is -2.21. The van der Waals surface area contributed by atoms with Crippen molar-refractivity contribution in [2.75, 3.05) is 6.54 Å². The molecule has 0 amide bonds. The number of aryl methyl sites for hydroxylation is 1. The fraction of sp³-hybridized carbons (Fsp3) is 0.286. The maximum atomic E-state index is 6.28. The SMILES string of the molecule is CCNC(c1ccc(C)c(Br)c1)c1cc(Cl)sc1Cl. The van der Waals surface area contributed by atoms with Gasteiger partial charge in [-0.25, -0.2) is 0 Å². The van der Waals surface area contributed by atoms with E-state index in [0.29, 0.717) is 4.34 Å². The summed E-state index contributed by atoms with van der Waals surface area (Å²) >= 11 is 17.3. The quantitative estimate of drug-likeness (QED) is 0.706.